The number of fused-ring (bicyclic) bond motifs is 1. The van der Waals surface area contributed by atoms with Gasteiger partial charge in [-0.3, -0.25) is 4.79 Å². The van der Waals surface area contributed by atoms with Crippen LogP contribution >= 0.6 is 0 Å². The van der Waals surface area contributed by atoms with Crippen LogP contribution in [0.2, 0.25) is 0 Å². The molecule has 2 aromatic heterocycles. The molecule has 0 bridgehead atoms. The summed E-state index contributed by atoms with van der Waals surface area (Å²) >= 11 is 0. The lowest BCUT2D eigenvalue weighted by atomic mass is 9.95. The lowest BCUT2D eigenvalue weighted by Gasteiger charge is -2.37. The zero-order valence-corrected chi connectivity index (χ0v) is 24.3. The third-order valence-corrected chi connectivity index (χ3v) is 8.08. The Morgan fingerprint density at radius 3 is 2.24 bits per heavy atom. The van der Waals surface area contributed by atoms with Gasteiger partial charge >= 0.3 is 0 Å². The van der Waals surface area contributed by atoms with E-state index in [1.807, 2.05) is 42.2 Å². The minimum atomic E-state index is -0.299. The molecule has 1 atom stereocenters. The van der Waals surface area contributed by atoms with Crippen molar-refractivity contribution in [2.75, 3.05) is 31.1 Å². The standard InChI is InChI=1S/C34H35FN6O/c1-4-29(26-8-6-5-7-9-26)34(42)40-20-18-39(19-21-40)32-31-24(3)38-41(28-16-14-27(35)15-17-28)33(31)37-30(36-32)22-25-12-10-23(2)11-13-25/h5-17,29H,4,18-22H2,1-3H3/t29-/m1/s1. The van der Waals surface area contributed by atoms with E-state index < -0.39 is 0 Å². The average Bonchev–Trinajstić information content (AvgIpc) is 3.35. The molecule has 0 radical (unpaired) electrons. The molecule has 6 rings (SSSR count). The Balaban J connectivity index is 1.33. The van der Waals surface area contributed by atoms with Gasteiger partial charge in [0.05, 0.1) is 22.7 Å². The summed E-state index contributed by atoms with van der Waals surface area (Å²) in [6.07, 6.45) is 1.34. The molecule has 1 amide bonds. The molecular weight excluding hydrogens is 527 g/mol. The van der Waals surface area contributed by atoms with Gasteiger partial charge in [-0.2, -0.15) is 5.10 Å². The van der Waals surface area contributed by atoms with E-state index in [0.717, 1.165) is 40.1 Å². The van der Waals surface area contributed by atoms with Gasteiger partial charge in [-0.15, -0.1) is 0 Å². The molecule has 0 unspecified atom stereocenters. The van der Waals surface area contributed by atoms with Crippen LogP contribution in [0.3, 0.4) is 0 Å². The minimum Gasteiger partial charge on any atom is -0.352 e. The molecule has 8 heteroatoms. The van der Waals surface area contributed by atoms with E-state index >= 15 is 0 Å². The zero-order valence-electron chi connectivity index (χ0n) is 24.3. The van der Waals surface area contributed by atoms with Crippen LogP contribution in [0.4, 0.5) is 10.2 Å². The van der Waals surface area contributed by atoms with E-state index in [1.54, 1.807) is 16.8 Å². The van der Waals surface area contributed by atoms with Crippen molar-refractivity contribution in [3.8, 4) is 5.69 Å². The van der Waals surface area contributed by atoms with Gasteiger partial charge in [0.2, 0.25) is 5.91 Å². The topological polar surface area (TPSA) is 67.2 Å². The number of hydrogen-bond acceptors (Lipinski definition) is 5. The molecule has 7 nitrogen and oxygen atoms in total. The molecule has 214 valence electrons. The summed E-state index contributed by atoms with van der Waals surface area (Å²) in [5.74, 6) is 1.26. The third kappa shape index (κ3) is 5.49. The predicted molar refractivity (Wildman–Crippen MR) is 164 cm³/mol. The first-order valence-electron chi connectivity index (χ1n) is 14.6. The lowest BCUT2D eigenvalue weighted by molar-refractivity contribution is -0.133. The van der Waals surface area contributed by atoms with Gasteiger partial charge in [-0.25, -0.2) is 19.0 Å². The van der Waals surface area contributed by atoms with Crippen molar-refractivity contribution in [1.82, 2.24) is 24.6 Å². The van der Waals surface area contributed by atoms with Crippen LogP contribution in [0.5, 0.6) is 0 Å². The molecule has 0 saturated carbocycles. The van der Waals surface area contributed by atoms with Crippen LogP contribution in [0.15, 0.2) is 78.9 Å². The second-order valence-corrected chi connectivity index (χ2v) is 11.0. The van der Waals surface area contributed by atoms with Crippen molar-refractivity contribution < 1.29 is 9.18 Å². The Morgan fingerprint density at radius 1 is 0.881 bits per heavy atom. The van der Waals surface area contributed by atoms with Crippen LogP contribution < -0.4 is 4.90 Å². The van der Waals surface area contributed by atoms with Gasteiger partial charge in [0.1, 0.15) is 17.5 Å². The smallest absolute Gasteiger partial charge is 0.230 e. The molecule has 1 aliphatic rings. The molecule has 0 N–H and O–H groups in total. The number of aromatic nitrogens is 4. The quantitative estimate of drug-likeness (QED) is 0.243. The molecule has 1 fully saturated rings. The Labute approximate surface area is 245 Å². The molecule has 42 heavy (non-hydrogen) atoms. The van der Waals surface area contributed by atoms with Crippen molar-refractivity contribution in [3.05, 3.63) is 113 Å². The van der Waals surface area contributed by atoms with Crippen molar-refractivity contribution in [3.63, 3.8) is 0 Å². The number of piperazine rings is 1. The normalized spacial score (nSPS) is 14.4. The van der Waals surface area contributed by atoms with Crippen LogP contribution in [0.1, 0.15) is 47.5 Å². The number of nitrogens with zero attached hydrogens (tertiary/aromatic N) is 6. The second kappa shape index (κ2) is 11.7. The second-order valence-electron chi connectivity index (χ2n) is 11.0. The van der Waals surface area contributed by atoms with Crippen molar-refractivity contribution in [1.29, 1.82) is 0 Å². The molecule has 3 aromatic carbocycles. The monoisotopic (exact) mass is 562 g/mol. The van der Waals surface area contributed by atoms with Gasteiger partial charge in [0, 0.05) is 32.6 Å². The number of hydrogen-bond donors (Lipinski definition) is 0. The summed E-state index contributed by atoms with van der Waals surface area (Å²) in [4.78, 5) is 27.9. The highest BCUT2D eigenvalue weighted by atomic mass is 19.1. The Hall–Kier alpha value is -4.59. The molecule has 3 heterocycles. The Morgan fingerprint density at radius 2 is 1.57 bits per heavy atom. The lowest BCUT2D eigenvalue weighted by Crippen LogP contribution is -2.50. The van der Waals surface area contributed by atoms with Crippen LogP contribution in [0, 0.1) is 19.7 Å². The first-order valence-corrected chi connectivity index (χ1v) is 14.6. The number of carbonyl (C=O) groups excluding carboxylic acids is 1. The molecule has 0 aliphatic carbocycles. The molecule has 5 aromatic rings. The van der Waals surface area contributed by atoms with Gasteiger partial charge in [0.15, 0.2) is 5.65 Å². The Bertz CT molecular complexity index is 1690. The van der Waals surface area contributed by atoms with E-state index in [2.05, 4.69) is 43.0 Å². The number of rotatable bonds is 7. The predicted octanol–water partition coefficient (Wildman–Crippen LogP) is 6.00. The number of benzene rings is 3. The summed E-state index contributed by atoms with van der Waals surface area (Å²) in [6, 6.07) is 24.7. The van der Waals surface area contributed by atoms with Gasteiger partial charge in [0.25, 0.3) is 0 Å². The fourth-order valence-electron chi connectivity index (χ4n) is 5.76. The highest BCUT2D eigenvalue weighted by Crippen LogP contribution is 2.31. The van der Waals surface area contributed by atoms with Crippen molar-refractivity contribution in [2.24, 2.45) is 0 Å². The van der Waals surface area contributed by atoms with E-state index in [4.69, 9.17) is 15.1 Å². The number of halogens is 1. The van der Waals surface area contributed by atoms with E-state index in [0.29, 0.717) is 44.1 Å². The van der Waals surface area contributed by atoms with Crippen LogP contribution in [-0.2, 0) is 11.2 Å². The summed E-state index contributed by atoms with van der Waals surface area (Å²) in [5.41, 5.74) is 5.62. The summed E-state index contributed by atoms with van der Waals surface area (Å²) in [7, 11) is 0. The first-order chi connectivity index (χ1) is 20.4. The maximum atomic E-state index is 13.7. The zero-order chi connectivity index (χ0) is 29.2. The minimum absolute atomic E-state index is 0.138. The van der Waals surface area contributed by atoms with Gasteiger partial charge in [-0.1, -0.05) is 67.1 Å². The summed E-state index contributed by atoms with van der Waals surface area (Å²) in [6.45, 7) is 8.66. The highest BCUT2D eigenvalue weighted by molar-refractivity contribution is 5.91. The molecule has 0 spiro atoms. The summed E-state index contributed by atoms with van der Waals surface area (Å²) < 4.78 is 15.5. The van der Waals surface area contributed by atoms with Crippen LogP contribution in [0.25, 0.3) is 16.7 Å². The molecule has 1 saturated heterocycles. The van der Waals surface area contributed by atoms with Gasteiger partial charge < -0.3 is 9.80 Å². The average molecular weight is 563 g/mol. The first kappa shape index (κ1) is 27.6. The Kier molecular flexibility index (Phi) is 7.69. The van der Waals surface area contributed by atoms with E-state index in [-0.39, 0.29) is 17.6 Å². The molecular formula is C34H35FN6O. The highest BCUT2D eigenvalue weighted by Gasteiger charge is 2.30. The fourth-order valence-corrected chi connectivity index (χ4v) is 5.76. The summed E-state index contributed by atoms with van der Waals surface area (Å²) in [5, 5.41) is 5.69. The fraction of sp³-hybridized carbons (Fsp3) is 0.294. The maximum Gasteiger partial charge on any atom is 0.230 e. The third-order valence-electron chi connectivity index (χ3n) is 8.08. The number of amides is 1. The van der Waals surface area contributed by atoms with Crippen molar-refractivity contribution in [2.45, 2.75) is 39.5 Å². The van der Waals surface area contributed by atoms with E-state index in [9.17, 15) is 9.18 Å². The SMILES string of the molecule is CC[C@@H](C(=O)N1CCN(c2nc(Cc3ccc(C)cc3)nc3c2c(C)nn3-c2ccc(F)cc2)CC1)c1ccccc1. The largest absolute Gasteiger partial charge is 0.352 e. The van der Waals surface area contributed by atoms with Crippen molar-refractivity contribution >= 4 is 22.8 Å². The van der Waals surface area contributed by atoms with Crippen LogP contribution in [-0.4, -0.2) is 56.7 Å². The van der Waals surface area contributed by atoms with Gasteiger partial charge in [-0.05, 0) is 55.7 Å². The number of anilines is 1. The number of aryl methyl sites for hydroxylation is 2. The molecule has 1 aliphatic heterocycles. The maximum absolute atomic E-state index is 13.7. The number of carbonyl (C=O) groups is 1. The van der Waals surface area contributed by atoms with E-state index in [1.165, 1.54) is 17.7 Å².